The molecule has 1 saturated heterocycles. The van der Waals surface area contributed by atoms with Crippen molar-refractivity contribution in [2.45, 2.75) is 58.8 Å². The van der Waals surface area contributed by atoms with Crippen molar-refractivity contribution in [1.29, 1.82) is 0 Å². The largest absolute Gasteiger partial charge is 0.376 e. The lowest BCUT2D eigenvalue weighted by Crippen LogP contribution is -2.48. The molecule has 0 radical (unpaired) electrons. The van der Waals surface area contributed by atoms with E-state index in [9.17, 15) is 4.79 Å². The first-order valence-electron chi connectivity index (χ1n) is 9.45. The van der Waals surface area contributed by atoms with Crippen molar-refractivity contribution in [3.63, 3.8) is 0 Å². The van der Waals surface area contributed by atoms with E-state index in [0.717, 1.165) is 57.7 Å². The summed E-state index contributed by atoms with van der Waals surface area (Å²) in [5, 5.41) is 7.91. The van der Waals surface area contributed by atoms with E-state index >= 15 is 0 Å². The van der Waals surface area contributed by atoms with Gasteiger partial charge in [-0.15, -0.1) is 0 Å². The third-order valence-corrected chi connectivity index (χ3v) is 4.96. The summed E-state index contributed by atoms with van der Waals surface area (Å²) in [5.41, 5.74) is 3.75. The molecule has 3 heterocycles. The van der Waals surface area contributed by atoms with Crippen LogP contribution in [-0.2, 0) is 40.4 Å². The smallest absolute Gasteiger partial charge is 0.246 e. The summed E-state index contributed by atoms with van der Waals surface area (Å²) in [5.74, 6) is -0.0188. The van der Waals surface area contributed by atoms with Gasteiger partial charge in [-0.2, -0.15) is 5.10 Å². The predicted octanol–water partition coefficient (Wildman–Crippen LogP) is 1.09. The van der Waals surface area contributed by atoms with Crippen LogP contribution < -0.4 is 5.32 Å². The van der Waals surface area contributed by atoms with Gasteiger partial charge in [0.05, 0.1) is 18.9 Å². The van der Waals surface area contributed by atoms with Crippen LogP contribution in [-0.4, -0.2) is 59.5 Å². The minimum atomic E-state index is -0.0188. The molecule has 0 bridgehead atoms. The number of carbonyl (C=O) groups is 1. The van der Waals surface area contributed by atoms with Crippen molar-refractivity contribution in [2.24, 2.45) is 0 Å². The van der Waals surface area contributed by atoms with Crippen molar-refractivity contribution < 1.29 is 14.3 Å². The van der Waals surface area contributed by atoms with Gasteiger partial charge in [0.2, 0.25) is 5.91 Å². The van der Waals surface area contributed by atoms with E-state index in [0.29, 0.717) is 13.2 Å². The second-order valence-corrected chi connectivity index (χ2v) is 6.77. The molecular weight excluding hydrogens is 320 g/mol. The first kappa shape index (κ1) is 18.4. The van der Waals surface area contributed by atoms with Gasteiger partial charge >= 0.3 is 0 Å². The van der Waals surface area contributed by atoms with Gasteiger partial charge in [-0.3, -0.25) is 14.4 Å². The second-order valence-electron chi connectivity index (χ2n) is 6.77. The minimum absolute atomic E-state index is 0.0188. The predicted molar refractivity (Wildman–Crippen MR) is 94.2 cm³/mol. The van der Waals surface area contributed by atoms with Crippen molar-refractivity contribution in [3.05, 3.63) is 17.0 Å². The molecule has 0 aliphatic carbocycles. The van der Waals surface area contributed by atoms with Gasteiger partial charge in [-0.25, -0.2) is 0 Å². The van der Waals surface area contributed by atoms with Crippen LogP contribution >= 0.6 is 0 Å². The molecule has 7 nitrogen and oxygen atoms in total. The topological polar surface area (TPSA) is 68.6 Å². The number of aryl methyl sites for hydroxylation is 1. The fourth-order valence-electron chi connectivity index (χ4n) is 3.76. The Morgan fingerprint density at radius 2 is 2.32 bits per heavy atom. The molecule has 7 heteroatoms. The van der Waals surface area contributed by atoms with Gasteiger partial charge in [0.25, 0.3) is 0 Å². The van der Waals surface area contributed by atoms with E-state index < -0.39 is 0 Å². The number of hydrogen-bond acceptors (Lipinski definition) is 5. The van der Waals surface area contributed by atoms with Crippen molar-refractivity contribution in [3.8, 4) is 0 Å². The maximum Gasteiger partial charge on any atom is 0.246 e. The van der Waals surface area contributed by atoms with Crippen LogP contribution in [0.1, 0.15) is 43.6 Å². The van der Waals surface area contributed by atoms with Crippen LogP contribution in [0, 0.1) is 0 Å². The Kier molecular flexibility index (Phi) is 6.45. The normalized spacial score (nSPS) is 21.1. The number of piperidine rings is 1. The van der Waals surface area contributed by atoms with Crippen molar-refractivity contribution >= 4 is 5.91 Å². The van der Waals surface area contributed by atoms with E-state index in [4.69, 9.17) is 14.6 Å². The fourth-order valence-corrected chi connectivity index (χ4v) is 3.76. The number of amides is 1. The van der Waals surface area contributed by atoms with Crippen molar-refractivity contribution in [1.82, 2.24) is 20.0 Å². The van der Waals surface area contributed by atoms with Gasteiger partial charge in [-0.05, 0) is 33.2 Å². The second kappa shape index (κ2) is 8.78. The fraction of sp³-hybridized carbons (Fsp3) is 0.778. The molecule has 0 spiro atoms. The first-order valence-corrected chi connectivity index (χ1v) is 9.45. The average molecular weight is 350 g/mol. The highest BCUT2D eigenvalue weighted by atomic mass is 16.5. The summed E-state index contributed by atoms with van der Waals surface area (Å²) in [7, 11) is 0. The number of nitrogens with zero attached hydrogens (tertiary/aromatic N) is 3. The molecule has 2 aliphatic rings. The van der Waals surface area contributed by atoms with E-state index in [1.165, 1.54) is 11.3 Å². The van der Waals surface area contributed by atoms with E-state index in [-0.39, 0.29) is 18.6 Å². The first-order chi connectivity index (χ1) is 12.2. The number of rotatable bonds is 7. The van der Waals surface area contributed by atoms with Gasteiger partial charge in [0.1, 0.15) is 6.61 Å². The molecule has 1 aromatic heterocycles. The number of ether oxygens (including phenoxy) is 2. The number of aromatic nitrogens is 2. The molecule has 0 aromatic carbocycles. The van der Waals surface area contributed by atoms with Crippen LogP contribution in [0.15, 0.2) is 0 Å². The van der Waals surface area contributed by atoms with E-state index in [1.807, 2.05) is 6.92 Å². The van der Waals surface area contributed by atoms with Crippen LogP contribution in [0.2, 0.25) is 0 Å². The Labute approximate surface area is 149 Å². The number of nitrogens with one attached hydrogen (secondary N) is 1. The highest BCUT2D eigenvalue weighted by Crippen LogP contribution is 2.23. The zero-order valence-electron chi connectivity index (χ0n) is 15.4. The molecule has 140 valence electrons. The zero-order valence-corrected chi connectivity index (χ0v) is 15.4. The standard InChI is InChI=1S/C18H30N4O3/c1-3-22-17-7-9-25-12-15(17)16(20-22)11-21-8-5-6-14(10-21)19-18(23)13-24-4-2/h14H,3-13H2,1-2H3,(H,19,23). The summed E-state index contributed by atoms with van der Waals surface area (Å²) < 4.78 is 13.0. The lowest BCUT2D eigenvalue weighted by Gasteiger charge is -2.33. The van der Waals surface area contributed by atoms with Gasteiger partial charge < -0.3 is 14.8 Å². The highest BCUT2D eigenvalue weighted by molar-refractivity contribution is 5.77. The minimum Gasteiger partial charge on any atom is -0.376 e. The molecule has 0 saturated carbocycles. The number of hydrogen-bond donors (Lipinski definition) is 1. The summed E-state index contributed by atoms with van der Waals surface area (Å²) >= 11 is 0. The van der Waals surface area contributed by atoms with E-state index in [2.05, 4.69) is 21.8 Å². The van der Waals surface area contributed by atoms with Crippen LogP contribution in [0.25, 0.3) is 0 Å². The maximum absolute atomic E-state index is 11.9. The van der Waals surface area contributed by atoms with Crippen LogP contribution in [0.4, 0.5) is 0 Å². The molecule has 1 N–H and O–H groups in total. The molecule has 1 atom stereocenters. The molecule has 1 fully saturated rings. The summed E-state index contributed by atoms with van der Waals surface area (Å²) in [6, 6.07) is 0.196. The Morgan fingerprint density at radius 3 is 3.12 bits per heavy atom. The van der Waals surface area contributed by atoms with E-state index in [1.54, 1.807) is 0 Å². The molecular formula is C18H30N4O3. The third-order valence-electron chi connectivity index (χ3n) is 4.96. The SMILES string of the molecule is CCOCC(=O)NC1CCCN(Cc2nn(CC)c3c2COCC3)C1. The molecule has 1 aromatic rings. The number of likely N-dealkylation sites (tertiary alicyclic amines) is 1. The zero-order chi connectivity index (χ0) is 17.6. The van der Waals surface area contributed by atoms with Gasteiger partial charge in [0.15, 0.2) is 0 Å². The molecule has 25 heavy (non-hydrogen) atoms. The summed E-state index contributed by atoms with van der Waals surface area (Å²) in [6.07, 6.45) is 3.07. The lowest BCUT2D eigenvalue weighted by atomic mass is 10.0. The van der Waals surface area contributed by atoms with Crippen LogP contribution in [0.5, 0.6) is 0 Å². The van der Waals surface area contributed by atoms with Gasteiger partial charge in [-0.1, -0.05) is 0 Å². The Bertz CT molecular complexity index is 587. The average Bonchev–Trinajstić information content (AvgIpc) is 2.98. The van der Waals surface area contributed by atoms with Crippen molar-refractivity contribution in [2.75, 3.05) is 32.9 Å². The Balaban J connectivity index is 1.59. The maximum atomic E-state index is 11.9. The third kappa shape index (κ3) is 4.59. The molecule has 2 aliphatic heterocycles. The summed E-state index contributed by atoms with van der Waals surface area (Å²) in [6.45, 7) is 9.86. The monoisotopic (exact) mass is 350 g/mol. The molecule has 3 rings (SSSR count). The quantitative estimate of drug-likeness (QED) is 0.797. The highest BCUT2D eigenvalue weighted by Gasteiger charge is 2.25. The Morgan fingerprint density at radius 1 is 1.44 bits per heavy atom. The molecule has 1 unspecified atom stereocenters. The Hall–Kier alpha value is -1.44. The van der Waals surface area contributed by atoms with Crippen LogP contribution in [0.3, 0.4) is 0 Å². The molecule has 1 amide bonds. The number of fused-ring (bicyclic) bond motifs is 1. The number of carbonyl (C=O) groups excluding carboxylic acids is 1. The van der Waals surface area contributed by atoms with Gasteiger partial charge in [0, 0.05) is 50.0 Å². The summed E-state index contributed by atoms with van der Waals surface area (Å²) in [4.78, 5) is 14.3. The lowest BCUT2D eigenvalue weighted by molar-refractivity contribution is -0.126.